The molecule has 1 aliphatic rings. The maximum atomic E-state index is 13.0. The first kappa shape index (κ1) is 25.7. The van der Waals surface area contributed by atoms with Crippen LogP contribution in [-0.4, -0.2) is 49.8 Å². The van der Waals surface area contributed by atoms with Gasteiger partial charge in [0.15, 0.2) is 0 Å². The molecule has 2 amide bonds. The lowest BCUT2D eigenvalue weighted by Crippen LogP contribution is -2.47. The van der Waals surface area contributed by atoms with Crippen molar-refractivity contribution < 1.29 is 22.7 Å². The molecule has 1 aliphatic heterocycles. The fourth-order valence-electron chi connectivity index (χ4n) is 4.16. The van der Waals surface area contributed by atoms with E-state index in [-0.39, 0.29) is 29.2 Å². The van der Waals surface area contributed by atoms with Gasteiger partial charge >= 0.3 is 0 Å². The Morgan fingerprint density at radius 2 is 1.76 bits per heavy atom. The van der Waals surface area contributed by atoms with Gasteiger partial charge in [0.05, 0.1) is 11.0 Å². The smallest absolute Gasteiger partial charge is 0.243 e. The van der Waals surface area contributed by atoms with E-state index >= 15 is 0 Å². The van der Waals surface area contributed by atoms with Crippen molar-refractivity contribution in [3.05, 3.63) is 53.6 Å². The largest absolute Gasteiger partial charge is 0.491 e. The zero-order chi connectivity index (χ0) is 25.0. The van der Waals surface area contributed by atoms with E-state index in [1.165, 1.54) is 22.2 Å². The van der Waals surface area contributed by atoms with E-state index in [4.69, 9.17) is 4.74 Å². The second-order valence-corrected chi connectivity index (χ2v) is 10.5. The number of benzene rings is 2. The number of carbonyl (C=O) groups excluding carboxylic acids is 2. The highest BCUT2D eigenvalue weighted by Crippen LogP contribution is 2.35. The fourth-order valence-corrected chi connectivity index (χ4v) is 5.67. The zero-order valence-corrected chi connectivity index (χ0v) is 21.2. The van der Waals surface area contributed by atoms with E-state index in [2.05, 4.69) is 5.32 Å². The molecule has 0 unspecified atom stereocenters. The standard InChI is InChI=1S/C25H33N3O5S/c1-6-27(7-2)34(31,32)22-12-13-23-20(14-22)15-24(28(23)18(5)29)25(30)26-16-19-8-10-21(11-9-19)33-17(3)4/h8-14,17,24H,6-7,15-16H2,1-5H3,(H,26,30)/t24-/m1/s1. The van der Waals surface area contributed by atoms with E-state index in [1.807, 2.05) is 38.1 Å². The highest BCUT2D eigenvalue weighted by Gasteiger charge is 2.37. The van der Waals surface area contributed by atoms with E-state index in [1.54, 1.807) is 26.0 Å². The van der Waals surface area contributed by atoms with Crippen molar-refractivity contribution in [1.82, 2.24) is 9.62 Å². The van der Waals surface area contributed by atoms with Crippen LogP contribution in [0.15, 0.2) is 47.4 Å². The number of amides is 2. The van der Waals surface area contributed by atoms with Crippen LogP contribution in [0.2, 0.25) is 0 Å². The van der Waals surface area contributed by atoms with Crippen LogP contribution in [0, 0.1) is 0 Å². The molecule has 0 saturated heterocycles. The van der Waals surface area contributed by atoms with Crippen LogP contribution in [0.4, 0.5) is 5.69 Å². The number of nitrogens with one attached hydrogen (secondary N) is 1. The molecular weight excluding hydrogens is 454 g/mol. The minimum absolute atomic E-state index is 0.0784. The van der Waals surface area contributed by atoms with Crippen LogP contribution >= 0.6 is 0 Å². The van der Waals surface area contributed by atoms with Gasteiger partial charge in [-0.2, -0.15) is 4.31 Å². The van der Waals surface area contributed by atoms with Crippen molar-refractivity contribution in [2.24, 2.45) is 0 Å². The molecule has 0 fully saturated rings. The quantitative estimate of drug-likeness (QED) is 0.586. The second-order valence-electron chi connectivity index (χ2n) is 8.52. The maximum Gasteiger partial charge on any atom is 0.243 e. The van der Waals surface area contributed by atoms with Crippen LogP contribution < -0.4 is 15.0 Å². The second kappa shape index (κ2) is 10.6. The Morgan fingerprint density at radius 3 is 2.32 bits per heavy atom. The summed E-state index contributed by atoms with van der Waals surface area (Å²) in [6.45, 7) is 9.93. The SMILES string of the molecule is CCN(CC)S(=O)(=O)c1ccc2c(c1)C[C@H](C(=O)NCc1ccc(OC(C)C)cc1)N2C(C)=O. The van der Waals surface area contributed by atoms with Gasteiger partial charge in [0.1, 0.15) is 11.8 Å². The third-order valence-electron chi connectivity index (χ3n) is 5.78. The Labute approximate surface area is 201 Å². The van der Waals surface area contributed by atoms with Gasteiger partial charge in [0, 0.05) is 38.7 Å². The third-order valence-corrected chi connectivity index (χ3v) is 7.83. The summed E-state index contributed by atoms with van der Waals surface area (Å²) in [6.07, 6.45) is 0.332. The molecule has 34 heavy (non-hydrogen) atoms. The van der Waals surface area contributed by atoms with Gasteiger partial charge in [-0.05, 0) is 55.3 Å². The number of rotatable bonds is 9. The minimum atomic E-state index is -3.64. The molecular formula is C25H33N3O5S. The van der Waals surface area contributed by atoms with Gasteiger partial charge < -0.3 is 10.1 Å². The topological polar surface area (TPSA) is 96.0 Å². The first-order chi connectivity index (χ1) is 16.1. The average Bonchev–Trinajstić information content (AvgIpc) is 3.18. The van der Waals surface area contributed by atoms with Crippen molar-refractivity contribution in [2.75, 3.05) is 18.0 Å². The van der Waals surface area contributed by atoms with Gasteiger partial charge in [-0.1, -0.05) is 26.0 Å². The number of sulfonamides is 1. The number of fused-ring (bicyclic) bond motifs is 1. The molecule has 0 radical (unpaired) electrons. The molecule has 8 nitrogen and oxygen atoms in total. The van der Waals surface area contributed by atoms with Crippen molar-refractivity contribution >= 4 is 27.5 Å². The van der Waals surface area contributed by atoms with Gasteiger partial charge in [0.25, 0.3) is 0 Å². The Morgan fingerprint density at radius 1 is 1.12 bits per heavy atom. The molecule has 0 aromatic heterocycles. The molecule has 1 N–H and O–H groups in total. The monoisotopic (exact) mass is 487 g/mol. The molecule has 1 heterocycles. The molecule has 0 bridgehead atoms. The Hall–Kier alpha value is -2.91. The Balaban J connectivity index is 1.76. The van der Waals surface area contributed by atoms with Crippen LogP contribution in [0.3, 0.4) is 0 Å². The van der Waals surface area contributed by atoms with E-state index in [0.29, 0.717) is 30.9 Å². The molecule has 184 valence electrons. The molecule has 0 saturated carbocycles. The minimum Gasteiger partial charge on any atom is -0.491 e. The summed E-state index contributed by atoms with van der Waals surface area (Å²) in [4.78, 5) is 27.1. The average molecular weight is 488 g/mol. The normalized spacial score (nSPS) is 15.5. The number of hydrogen-bond donors (Lipinski definition) is 1. The Kier molecular flexibility index (Phi) is 7.99. The van der Waals surface area contributed by atoms with E-state index in [0.717, 1.165) is 11.3 Å². The van der Waals surface area contributed by atoms with Gasteiger partial charge in [-0.15, -0.1) is 0 Å². The summed E-state index contributed by atoms with van der Waals surface area (Å²) in [7, 11) is -3.64. The number of ether oxygens (including phenoxy) is 1. The van der Waals surface area contributed by atoms with Crippen molar-refractivity contribution in [1.29, 1.82) is 0 Å². The zero-order valence-electron chi connectivity index (χ0n) is 20.4. The number of carbonyl (C=O) groups is 2. The summed E-state index contributed by atoms with van der Waals surface area (Å²) in [6, 6.07) is 11.4. The highest BCUT2D eigenvalue weighted by molar-refractivity contribution is 7.89. The van der Waals surface area contributed by atoms with Crippen molar-refractivity contribution in [3.8, 4) is 5.75 Å². The van der Waals surface area contributed by atoms with Gasteiger partial charge in [-0.25, -0.2) is 8.42 Å². The molecule has 0 aliphatic carbocycles. The number of nitrogens with zero attached hydrogens (tertiary/aromatic N) is 2. The summed E-state index contributed by atoms with van der Waals surface area (Å²) >= 11 is 0. The Bertz CT molecular complexity index is 1140. The third kappa shape index (κ3) is 5.42. The molecule has 9 heteroatoms. The first-order valence-corrected chi connectivity index (χ1v) is 13.0. The molecule has 1 atom stereocenters. The van der Waals surface area contributed by atoms with E-state index < -0.39 is 16.1 Å². The van der Waals surface area contributed by atoms with Crippen molar-refractivity contribution in [2.45, 2.75) is 64.6 Å². The van der Waals surface area contributed by atoms with Crippen LogP contribution in [-0.2, 0) is 32.6 Å². The van der Waals surface area contributed by atoms with Crippen LogP contribution in [0.1, 0.15) is 45.7 Å². The predicted molar refractivity (Wildman–Crippen MR) is 131 cm³/mol. The number of anilines is 1. The maximum absolute atomic E-state index is 13.0. The predicted octanol–water partition coefficient (Wildman–Crippen LogP) is 3.10. The van der Waals surface area contributed by atoms with Crippen LogP contribution in [0.25, 0.3) is 0 Å². The molecule has 0 spiro atoms. The van der Waals surface area contributed by atoms with E-state index in [9.17, 15) is 18.0 Å². The van der Waals surface area contributed by atoms with Crippen molar-refractivity contribution in [3.63, 3.8) is 0 Å². The van der Waals surface area contributed by atoms with Gasteiger partial charge in [-0.3, -0.25) is 14.5 Å². The number of hydrogen-bond acceptors (Lipinski definition) is 5. The lowest BCUT2D eigenvalue weighted by molar-refractivity contribution is -0.125. The molecule has 2 aromatic rings. The summed E-state index contributed by atoms with van der Waals surface area (Å²) in [5.41, 5.74) is 2.14. The lowest BCUT2D eigenvalue weighted by atomic mass is 10.1. The highest BCUT2D eigenvalue weighted by atomic mass is 32.2. The molecule has 2 aromatic carbocycles. The first-order valence-electron chi connectivity index (χ1n) is 11.5. The summed E-state index contributed by atoms with van der Waals surface area (Å²) < 4.78 is 32.9. The summed E-state index contributed by atoms with van der Waals surface area (Å²) in [5.74, 6) is 0.199. The fraction of sp³-hybridized carbons (Fsp3) is 0.440. The summed E-state index contributed by atoms with van der Waals surface area (Å²) in [5, 5.41) is 2.90. The van der Waals surface area contributed by atoms with Gasteiger partial charge in [0.2, 0.25) is 21.8 Å². The molecule has 3 rings (SSSR count). The lowest BCUT2D eigenvalue weighted by Gasteiger charge is -2.23. The van der Waals surface area contributed by atoms with Crippen LogP contribution in [0.5, 0.6) is 5.75 Å².